The topological polar surface area (TPSA) is 64.4 Å². The van der Waals surface area contributed by atoms with E-state index in [1.807, 2.05) is 18.2 Å². The van der Waals surface area contributed by atoms with E-state index < -0.39 is 0 Å². The Balaban J connectivity index is 1.71. The molecule has 0 radical (unpaired) electrons. The number of carbonyl (C=O) groups excluding carboxylic acids is 1. The number of halogens is 1. The Labute approximate surface area is 149 Å². The minimum atomic E-state index is -0.136. The van der Waals surface area contributed by atoms with E-state index in [9.17, 15) is 4.79 Å². The molecule has 3 rings (SSSR count). The van der Waals surface area contributed by atoms with Crippen LogP contribution in [-0.2, 0) is 14.9 Å². The number of nitrogens with one attached hydrogen (secondary N) is 1. The predicted molar refractivity (Wildman–Crippen MR) is 96.1 cm³/mol. The standard InChI is InChI=1S/C19H27ClN2O2/c20-17-7-2-1-6-16(17)19(8-10-24-11-9-19)13-22-18(23)14-4-3-5-15(21)12-14/h1-2,6-7,14-15H,3-5,8-13,21H2,(H,22,23). The fraction of sp³-hybridized carbons (Fsp3) is 0.632. The van der Waals surface area contributed by atoms with Crippen LogP contribution >= 0.6 is 11.6 Å². The number of ether oxygens (including phenoxy) is 1. The average Bonchev–Trinajstić information content (AvgIpc) is 2.61. The maximum absolute atomic E-state index is 12.6. The molecule has 0 aromatic heterocycles. The highest BCUT2D eigenvalue weighted by Crippen LogP contribution is 2.38. The first-order valence-corrected chi connectivity index (χ1v) is 9.34. The quantitative estimate of drug-likeness (QED) is 0.877. The summed E-state index contributed by atoms with van der Waals surface area (Å²) in [6.45, 7) is 2.02. The van der Waals surface area contributed by atoms with E-state index in [1.165, 1.54) is 0 Å². The highest BCUT2D eigenvalue weighted by atomic mass is 35.5. The molecule has 1 aliphatic heterocycles. The summed E-state index contributed by atoms with van der Waals surface area (Å²) in [4.78, 5) is 12.6. The third-order valence-electron chi connectivity index (χ3n) is 5.58. The summed E-state index contributed by atoms with van der Waals surface area (Å²) in [5, 5.41) is 3.97. The molecule has 1 aliphatic carbocycles. The zero-order chi connectivity index (χ0) is 17.0. The van der Waals surface area contributed by atoms with Crippen LogP contribution in [0.25, 0.3) is 0 Å². The van der Waals surface area contributed by atoms with Crippen LogP contribution in [0.15, 0.2) is 24.3 Å². The lowest BCUT2D eigenvalue weighted by Gasteiger charge is -2.39. The van der Waals surface area contributed by atoms with Crippen LogP contribution in [0.2, 0.25) is 5.02 Å². The van der Waals surface area contributed by atoms with Gasteiger partial charge in [0.15, 0.2) is 0 Å². The van der Waals surface area contributed by atoms with Crippen molar-refractivity contribution in [2.75, 3.05) is 19.8 Å². The van der Waals surface area contributed by atoms with E-state index in [-0.39, 0.29) is 23.3 Å². The smallest absolute Gasteiger partial charge is 0.223 e. The average molecular weight is 351 g/mol. The van der Waals surface area contributed by atoms with Gasteiger partial charge in [-0.1, -0.05) is 36.2 Å². The summed E-state index contributed by atoms with van der Waals surface area (Å²) < 4.78 is 5.55. The lowest BCUT2D eigenvalue weighted by molar-refractivity contribution is -0.126. The normalized spacial score (nSPS) is 26.8. The van der Waals surface area contributed by atoms with E-state index >= 15 is 0 Å². The summed E-state index contributed by atoms with van der Waals surface area (Å²) in [5.41, 5.74) is 7.01. The number of benzene rings is 1. The van der Waals surface area contributed by atoms with Gasteiger partial charge >= 0.3 is 0 Å². The van der Waals surface area contributed by atoms with Crippen LogP contribution in [0.4, 0.5) is 0 Å². The van der Waals surface area contributed by atoms with Crippen LogP contribution < -0.4 is 11.1 Å². The van der Waals surface area contributed by atoms with Gasteiger partial charge in [0.1, 0.15) is 0 Å². The Morgan fingerprint density at radius 1 is 1.29 bits per heavy atom. The molecule has 1 saturated carbocycles. The van der Waals surface area contributed by atoms with E-state index in [4.69, 9.17) is 22.1 Å². The van der Waals surface area contributed by atoms with Crippen LogP contribution in [-0.4, -0.2) is 31.7 Å². The number of amides is 1. The van der Waals surface area contributed by atoms with Gasteiger partial charge in [-0.2, -0.15) is 0 Å². The molecule has 2 unspecified atom stereocenters. The monoisotopic (exact) mass is 350 g/mol. The first-order valence-electron chi connectivity index (χ1n) is 8.97. The van der Waals surface area contributed by atoms with Gasteiger partial charge in [-0.3, -0.25) is 4.79 Å². The van der Waals surface area contributed by atoms with E-state index in [0.717, 1.165) is 49.1 Å². The molecule has 1 aromatic carbocycles. The van der Waals surface area contributed by atoms with E-state index in [1.54, 1.807) is 0 Å². The van der Waals surface area contributed by atoms with Crippen LogP contribution in [0, 0.1) is 5.92 Å². The lowest BCUT2D eigenvalue weighted by Crippen LogP contribution is -2.47. The van der Waals surface area contributed by atoms with Gasteiger partial charge in [-0.05, 0) is 43.7 Å². The summed E-state index contributed by atoms with van der Waals surface area (Å²) in [6, 6.07) is 8.13. The predicted octanol–water partition coefficient (Wildman–Crippen LogP) is 3.02. The van der Waals surface area contributed by atoms with Gasteiger partial charge in [0, 0.05) is 42.2 Å². The van der Waals surface area contributed by atoms with Crippen molar-refractivity contribution in [3.8, 4) is 0 Å². The zero-order valence-corrected chi connectivity index (χ0v) is 14.9. The Bertz CT molecular complexity index is 572. The molecule has 2 fully saturated rings. The highest BCUT2D eigenvalue weighted by Gasteiger charge is 2.37. The van der Waals surface area contributed by atoms with Crippen molar-refractivity contribution in [1.82, 2.24) is 5.32 Å². The van der Waals surface area contributed by atoms with Gasteiger partial charge in [-0.25, -0.2) is 0 Å². The molecule has 132 valence electrons. The van der Waals surface area contributed by atoms with Crippen molar-refractivity contribution in [2.45, 2.75) is 50.0 Å². The van der Waals surface area contributed by atoms with Crippen molar-refractivity contribution < 1.29 is 9.53 Å². The van der Waals surface area contributed by atoms with Crippen LogP contribution in [0.5, 0.6) is 0 Å². The minimum absolute atomic E-state index is 0.0527. The maximum atomic E-state index is 12.6. The molecule has 2 atom stereocenters. The zero-order valence-electron chi connectivity index (χ0n) is 14.1. The number of rotatable bonds is 4. The third-order valence-corrected chi connectivity index (χ3v) is 5.91. The molecular weight excluding hydrogens is 324 g/mol. The molecule has 1 aromatic rings. The molecule has 1 heterocycles. The Hall–Kier alpha value is -1.10. The minimum Gasteiger partial charge on any atom is -0.381 e. The molecule has 1 amide bonds. The molecule has 2 aliphatic rings. The Morgan fingerprint density at radius 2 is 2.04 bits per heavy atom. The van der Waals surface area contributed by atoms with Gasteiger partial charge < -0.3 is 15.8 Å². The molecule has 5 heteroatoms. The second-order valence-electron chi connectivity index (χ2n) is 7.21. The molecule has 0 bridgehead atoms. The maximum Gasteiger partial charge on any atom is 0.223 e. The SMILES string of the molecule is NC1CCCC(C(=O)NCC2(c3ccccc3Cl)CCOCC2)C1. The van der Waals surface area contributed by atoms with E-state index in [2.05, 4.69) is 11.4 Å². The number of hydrogen-bond acceptors (Lipinski definition) is 3. The molecular formula is C19H27ClN2O2. The molecule has 4 nitrogen and oxygen atoms in total. The second-order valence-corrected chi connectivity index (χ2v) is 7.62. The van der Waals surface area contributed by atoms with Crippen molar-refractivity contribution in [3.63, 3.8) is 0 Å². The summed E-state index contributed by atoms with van der Waals surface area (Å²) in [6.07, 6.45) is 5.57. The fourth-order valence-electron chi connectivity index (χ4n) is 4.06. The van der Waals surface area contributed by atoms with Crippen LogP contribution in [0.1, 0.15) is 44.1 Å². The number of nitrogens with two attached hydrogens (primary N) is 1. The molecule has 1 saturated heterocycles. The van der Waals surface area contributed by atoms with Gasteiger partial charge in [0.2, 0.25) is 5.91 Å². The first-order chi connectivity index (χ1) is 11.6. The second kappa shape index (κ2) is 7.85. The molecule has 0 spiro atoms. The molecule has 3 N–H and O–H groups in total. The molecule has 24 heavy (non-hydrogen) atoms. The third kappa shape index (κ3) is 3.93. The highest BCUT2D eigenvalue weighted by molar-refractivity contribution is 6.31. The number of carbonyl (C=O) groups is 1. The summed E-state index contributed by atoms with van der Waals surface area (Å²) in [7, 11) is 0. The van der Waals surface area contributed by atoms with E-state index in [0.29, 0.717) is 19.8 Å². The first kappa shape index (κ1) is 17.7. The summed E-state index contributed by atoms with van der Waals surface area (Å²) in [5.74, 6) is 0.194. The van der Waals surface area contributed by atoms with Gasteiger partial charge in [0.05, 0.1) is 0 Å². The number of hydrogen-bond donors (Lipinski definition) is 2. The lowest BCUT2D eigenvalue weighted by atomic mass is 9.74. The fourth-order valence-corrected chi connectivity index (χ4v) is 4.40. The van der Waals surface area contributed by atoms with Gasteiger partial charge in [0.25, 0.3) is 0 Å². The van der Waals surface area contributed by atoms with Crippen LogP contribution in [0.3, 0.4) is 0 Å². The van der Waals surface area contributed by atoms with Crippen molar-refractivity contribution in [3.05, 3.63) is 34.9 Å². The summed E-state index contributed by atoms with van der Waals surface area (Å²) >= 11 is 6.46. The van der Waals surface area contributed by atoms with Gasteiger partial charge in [-0.15, -0.1) is 0 Å². The Morgan fingerprint density at radius 3 is 2.75 bits per heavy atom. The van der Waals surface area contributed by atoms with Crippen molar-refractivity contribution in [2.24, 2.45) is 11.7 Å². The van der Waals surface area contributed by atoms with Crippen molar-refractivity contribution in [1.29, 1.82) is 0 Å². The Kier molecular flexibility index (Phi) is 5.80. The largest absolute Gasteiger partial charge is 0.381 e. The van der Waals surface area contributed by atoms with Crippen molar-refractivity contribution >= 4 is 17.5 Å².